The highest BCUT2D eigenvalue weighted by molar-refractivity contribution is 7.86. The van der Waals surface area contributed by atoms with Crippen molar-refractivity contribution in [2.24, 2.45) is 4.99 Å². The molecule has 4 aliphatic rings. The molecule has 0 N–H and O–H groups in total. The second-order valence-electron chi connectivity index (χ2n) is 14.0. The molecule has 3 fully saturated rings. The summed E-state index contributed by atoms with van der Waals surface area (Å²) in [4.78, 5) is 25.5. The molecule has 10 nitrogen and oxygen atoms in total. The van der Waals surface area contributed by atoms with Gasteiger partial charge in [-0.15, -0.1) is 0 Å². The smallest absolute Gasteiger partial charge is 0.416 e. The topological polar surface area (TPSA) is 89.0 Å². The number of rotatable bonds is 8. The van der Waals surface area contributed by atoms with E-state index in [0.29, 0.717) is 34.7 Å². The molecule has 2 atom stereocenters. The van der Waals surface area contributed by atoms with Crippen molar-refractivity contribution in [3.05, 3.63) is 99.0 Å². The van der Waals surface area contributed by atoms with Crippen molar-refractivity contribution >= 4 is 45.3 Å². The van der Waals surface area contributed by atoms with Gasteiger partial charge in [0.25, 0.3) is 10.2 Å². The number of carbonyl (C=O) groups excluding carboxylic acids is 1. The van der Waals surface area contributed by atoms with Gasteiger partial charge >= 0.3 is 12.2 Å². The minimum Gasteiger partial charge on any atom is -0.493 e. The van der Waals surface area contributed by atoms with Gasteiger partial charge < -0.3 is 14.5 Å². The Balaban J connectivity index is 1.20. The molecular formula is C38H43Cl2F3N6O4S. The lowest BCUT2D eigenvalue weighted by atomic mass is 9.93. The molecule has 4 heterocycles. The van der Waals surface area contributed by atoms with Crippen molar-refractivity contribution in [2.45, 2.75) is 56.9 Å². The van der Waals surface area contributed by atoms with E-state index in [1.165, 1.54) is 28.1 Å². The summed E-state index contributed by atoms with van der Waals surface area (Å²) in [5.74, 6) is 0.0629. The summed E-state index contributed by atoms with van der Waals surface area (Å²) in [7, 11) is -3.75. The number of carbonyl (C=O) groups is 1. The molecule has 2 unspecified atom stereocenters. The fourth-order valence-corrected chi connectivity index (χ4v) is 9.86. The van der Waals surface area contributed by atoms with Crippen LogP contribution in [-0.2, 0) is 16.4 Å². The lowest BCUT2D eigenvalue weighted by molar-refractivity contribution is -0.137. The third-order valence-electron chi connectivity index (χ3n) is 10.8. The molecule has 2 amide bonds. The van der Waals surface area contributed by atoms with E-state index in [0.717, 1.165) is 43.6 Å². The number of benzene rings is 3. The molecule has 0 aromatic heterocycles. The van der Waals surface area contributed by atoms with Crippen LogP contribution in [0.15, 0.2) is 71.7 Å². The molecule has 0 spiro atoms. The van der Waals surface area contributed by atoms with Gasteiger partial charge in [-0.3, -0.25) is 9.89 Å². The molecule has 3 aromatic carbocycles. The van der Waals surface area contributed by atoms with E-state index in [9.17, 15) is 26.4 Å². The number of urea groups is 1. The highest BCUT2D eigenvalue weighted by Gasteiger charge is 2.46. The van der Waals surface area contributed by atoms with Crippen molar-refractivity contribution in [2.75, 3.05) is 59.0 Å². The van der Waals surface area contributed by atoms with E-state index < -0.39 is 40.1 Å². The first-order valence-corrected chi connectivity index (χ1v) is 20.5. The number of piperidine rings is 1. The SMILES string of the molecule is CCOc1cc(C(F)(F)F)ccc1C1=NC(c2ccc(Cl)cc2)C(c2ccc(Cl)cc2)N1C(=O)N1CCN(S(=O)(=O)N2CCC(N3CCCC3)CC2)CC1. The Bertz CT molecular complexity index is 1950. The normalized spacial score (nSPS) is 22.5. The van der Waals surface area contributed by atoms with E-state index in [-0.39, 0.29) is 49.9 Å². The lowest BCUT2D eigenvalue weighted by Crippen LogP contribution is -2.58. The van der Waals surface area contributed by atoms with Crippen LogP contribution in [0, 0.1) is 0 Å². The maximum Gasteiger partial charge on any atom is 0.416 e. The number of ether oxygens (including phenoxy) is 1. The molecule has 54 heavy (non-hydrogen) atoms. The number of amidine groups is 1. The van der Waals surface area contributed by atoms with Crippen molar-refractivity contribution < 1.29 is 31.1 Å². The number of halogens is 5. The van der Waals surface area contributed by atoms with Crippen LogP contribution in [0.3, 0.4) is 0 Å². The molecular weight excluding hydrogens is 764 g/mol. The molecule has 0 aliphatic carbocycles. The molecule has 0 saturated carbocycles. The van der Waals surface area contributed by atoms with Gasteiger partial charge in [-0.25, -0.2) is 4.79 Å². The fraction of sp³-hybridized carbons (Fsp3) is 0.474. The first-order chi connectivity index (χ1) is 25.8. The average molecular weight is 808 g/mol. The zero-order valence-electron chi connectivity index (χ0n) is 29.9. The van der Waals surface area contributed by atoms with Crippen LogP contribution in [0.4, 0.5) is 18.0 Å². The number of hydrogen-bond donors (Lipinski definition) is 0. The summed E-state index contributed by atoms with van der Waals surface area (Å²) in [6.07, 6.45) is -0.662. The van der Waals surface area contributed by atoms with Crippen LogP contribution < -0.4 is 4.74 Å². The number of hydrogen-bond acceptors (Lipinski definition) is 6. The van der Waals surface area contributed by atoms with Crippen LogP contribution in [-0.4, -0.2) is 109 Å². The summed E-state index contributed by atoms with van der Waals surface area (Å²) in [5, 5.41) is 0.986. The van der Waals surface area contributed by atoms with Crippen molar-refractivity contribution in [1.82, 2.24) is 23.3 Å². The highest BCUT2D eigenvalue weighted by atomic mass is 35.5. The number of amides is 2. The summed E-state index contributed by atoms with van der Waals surface area (Å²) in [5.41, 5.74) is 0.732. The monoisotopic (exact) mass is 806 g/mol. The zero-order valence-corrected chi connectivity index (χ0v) is 32.2. The van der Waals surface area contributed by atoms with E-state index >= 15 is 0 Å². The van der Waals surface area contributed by atoms with E-state index in [1.54, 1.807) is 64.7 Å². The molecule has 4 aliphatic heterocycles. The van der Waals surface area contributed by atoms with E-state index in [4.69, 9.17) is 32.9 Å². The second kappa shape index (κ2) is 16.0. The minimum absolute atomic E-state index is 0.0695. The first-order valence-electron chi connectivity index (χ1n) is 18.4. The Morgan fingerprint density at radius 1 is 0.815 bits per heavy atom. The summed E-state index contributed by atoms with van der Waals surface area (Å²) in [6.45, 7) is 5.20. The molecule has 3 saturated heterocycles. The van der Waals surface area contributed by atoms with Gasteiger partial charge in [-0.1, -0.05) is 47.5 Å². The summed E-state index contributed by atoms with van der Waals surface area (Å²) in [6, 6.07) is 15.7. The third-order valence-corrected chi connectivity index (χ3v) is 13.3. The quantitative estimate of drug-likeness (QED) is 0.236. The summed E-state index contributed by atoms with van der Waals surface area (Å²) < 4.78 is 78.1. The van der Waals surface area contributed by atoms with Crippen LogP contribution >= 0.6 is 23.2 Å². The minimum atomic E-state index is -4.63. The van der Waals surface area contributed by atoms with Gasteiger partial charge in [-0.2, -0.15) is 30.2 Å². The maximum absolute atomic E-state index is 14.9. The Labute approximate surface area is 324 Å². The van der Waals surface area contributed by atoms with Gasteiger partial charge in [0.2, 0.25) is 0 Å². The first kappa shape index (κ1) is 38.9. The van der Waals surface area contributed by atoms with Gasteiger partial charge in [0.05, 0.1) is 23.8 Å². The van der Waals surface area contributed by atoms with Crippen LogP contribution in [0.5, 0.6) is 5.75 Å². The Hall–Kier alpha value is -3.40. The van der Waals surface area contributed by atoms with Crippen LogP contribution in [0.1, 0.15) is 66.9 Å². The molecule has 3 aromatic rings. The lowest BCUT2D eigenvalue weighted by Gasteiger charge is -2.41. The molecule has 290 valence electrons. The zero-order chi connectivity index (χ0) is 38.2. The molecule has 0 radical (unpaired) electrons. The molecule has 16 heteroatoms. The Morgan fingerprint density at radius 2 is 1.39 bits per heavy atom. The predicted molar refractivity (Wildman–Crippen MR) is 202 cm³/mol. The third kappa shape index (κ3) is 7.96. The second-order valence-corrected chi connectivity index (χ2v) is 16.8. The fourth-order valence-electron chi connectivity index (χ4n) is 7.98. The van der Waals surface area contributed by atoms with E-state index in [1.807, 2.05) is 0 Å². The number of aliphatic imine (C=N–C) groups is 1. The average Bonchev–Trinajstić information content (AvgIpc) is 3.85. The predicted octanol–water partition coefficient (Wildman–Crippen LogP) is 7.50. The molecule has 0 bridgehead atoms. The summed E-state index contributed by atoms with van der Waals surface area (Å²) >= 11 is 12.5. The van der Waals surface area contributed by atoms with Gasteiger partial charge in [0, 0.05) is 55.4 Å². The number of alkyl halides is 3. The van der Waals surface area contributed by atoms with Gasteiger partial charge in [-0.05, 0) is 99.3 Å². The largest absolute Gasteiger partial charge is 0.493 e. The number of nitrogens with zero attached hydrogens (tertiary/aromatic N) is 6. The molecule has 7 rings (SSSR count). The van der Waals surface area contributed by atoms with Crippen molar-refractivity contribution in [3.8, 4) is 5.75 Å². The Morgan fingerprint density at radius 3 is 1.96 bits per heavy atom. The van der Waals surface area contributed by atoms with E-state index in [2.05, 4.69) is 4.90 Å². The van der Waals surface area contributed by atoms with Gasteiger partial charge in [0.15, 0.2) is 0 Å². The Kier molecular flexibility index (Phi) is 11.5. The van der Waals surface area contributed by atoms with Gasteiger partial charge in [0.1, 0.15) is 17.6 Å². The van der Waals surface area contributed by atoms with Crippen LogP contribution in [0.25, 0.3) is 0 Å². The number of piperazine rings is 1. The standard InChI is InChI=1S/C38H43Cl2F3N6O4S/c1-2-53-33-25-28(38(41,42)43)9-14-32(33)36-44-34(26-5-10-29(39)11-6-26)35(27-7-12-30(40)13-8-27)49(36)37(50)46-21-23-48(24-22-46)54(51,52)47-19-15-31(16-20-47)45-17-3-4-18-45/h5-14,25,31,34-35H,2-4,15-24H2,1H3. The van der Waals surface area contributed by atoms with Crippen molar-refractivity contribution in [1.29, 1.82) is 0 Å². The number of likely N-dealkylation sites (tertiary alicyclic amines) is 1. The maximum atomic E-state index is 14.9. The van der Waals surface area contributed by atoms with Crippen LogP contribution in [0.2, 0.25) is 10.0 Å². The van der Waals surface area contributed by atoms with Crippen molar-refractivity contribution in [3.63, 3.8) is 0 Å². The highest BCUT2D eigenvalue weighted by Crippen LogP contribution is 2.46.